The Bertz CT molecular complexity index is 422. The molecule has 1 N–H and O–H groups in total. The Hall–Kier alpha value is -1.75. The van der Waals surface area contributed by atoms with Gasteiger partial charge >= 0.3 is 6.09 Å². The van der Waals surface area contributed by atoms with Crippen molar-refractivity contribution in [2.24, 2.45) is 5.92 Å². The maximum atomic E-state index is 11.8. The van der Waals surface area contributed by atoms with Crippen LogP contribution in [0.1, 0.15) is 0 Å². The van der Waals surface area contributed by atoms with Gasteiger partial charge in [0.15, 0.2) is 0 Å². The zero-order valence-corrected chi connectivity index (χ0v) is 10.7. The van der Waals surface area contributed by atoms with E-state index >= 15 is 0 Å². The third-order valence-corrected chi connectivity index (χ3v) is 2.97. The number of rotatable bonds is 4. The lowest BCUT2D eigenvalue weighted by molar-refractivity contribution is 0.115. The van der Waals surface area contributed by atoms with Gasteiger partial charge in [-0.25, -0.2) is 4.79 Å². The van der Waals surface area contributed by atoms with Crippen LogP contribution in [0.5, 0.6) is 5.75 Å². The van der Waals surface area contributed by atoms with Crippen molar-refractivity contribution in [3.8, 4) is 5.75 Å². The van der Waals surface area contributed by atoms with Crippen LogP contribution in [-0.2, 0) is 4.74 Å². The molecule has 1 heterocycles. The molecule has 0 saturated carbocycles. The second-order valence-electron chi connectivity index (χ2n) is 4.28. The molecule has 5 heteroatoms. The van der Waals surface area contributed by atoms with Gasteiger partial charge in [-0.3, -0.25) is 4.90 Å². The second kappa shape index (κ2) is 5.73. The third kappa shape index (κ3) is 2.56. The Labute approximate surface area is 107 Å². The average molecular weight is 250 g/mol. The lowest BCUT2D eigenvalue weighted by atomic mass is 10.1. The summed E-state index contributed by atoms with van der Waals surface area (Å²) < 4.78 is 10.5. The third-order valence-electron chi connectivity index (χ3n) is 2.97. The lowest BCUT2D eigenvalue weighted by Crippen LogP contribution is -2.46. The van der Waals surface area contributed by atoms with Crippen LogP contribution in [-0.4, -0.2) is 39.9 Å². The molecule has 1 aromatic rings. The first-order valence-electron chi connectivity index (χ1n) is 5.98. The lowest BCUT2D eigenvalue weighted by Gasteiger charge is -2.32. The fourth-order valence-electron chi connectivity index (χ4n) is 2.11. The maximum Gasteiger partial charge on any atom is 0.414 e. The molecular formula is C13H18N2O3. The van der Waals surface area contributed by atoms with Gasteiger partial charge in [0.05, 0.1) is 19.4 Å². The van der Waals surface area contributed by atoms with Gasteiger partial charge in [0.2, 0.25) is 0 Å². The number of carbonyl (C=O) groups is 1. The molecule has 1 unspecified atom stereocenters. The minimum absolute atomic E-state index is 0.289. The standard InChI is InChI=1S/C13H18N2O3/c1-14-7-10-8-15(13(16)18-9-10)11-5-3-4-6-12(11)17-2/h3-6,10,14H,7-9H2,1-2H3. The maximum absolute atomic E-state index is 11.8. The molecule has 1 saturated heterocycles. The molecule has 1 aliphatic rings. The van der Waals surface area contributed by atoms with Gasteiger partial charge in [-0.15, -0.1) is 0 Å². The van der Waals surface area contributed by atoms with Gasteiger partial charge < -0.3 is 14.8 Å². The van der Waals surface area contributed by atoms with E-state index < -0.39 is 0 Å². The van der Waals surface area contributed by atoms with E-state index in [2.05, 4.69) is 5.32 Å². The first kappa shape index (κ1) is 12.7. The largest absolute Gasteiger partial charge is 0.495 e. The number of amides is 1. The van der Waals surface area contributed by atoms with Gasteiger partial charge in [0.25, 0.3) is 0 Å². The number of hydrogen-bond donors (Lipinski definition) is 1. The van der Waals surface area contributed by atoms with E-state index in [0.29, 0.717) is 18.9 Å². The highest BCUT2D eigenvalue weighted by Gasteiger charge is 2.29. The van der Waals surface area contributed by atoms with E-state index in [0.717, 1.165) is 12.2 Å². The molecule has 0 spiro atoms. The van der Waals surface area contributed by atoms with E-state index in [1.807, 2.05) is 31.3 Å². The summed E-state index contributed by atoms with van der Waals surface area (Å²) in [6, 6.07) is 7.46. The highest BCUT2D eigenvalue weighted by molar-refractivity contribution is 5.90. The summed E-state index contributed by atoms with van der Waals surface area (Å²) in [5.41, 5.74) is 0.755. The quantitative estimate of drug-likeness (QED) is 0.879. The van der Waals surface area contributed by atoms with E-state index in [4.69, 9.17) is 9.47 Å². The van der Waals surface area contributed by atoms with Crippen molar-refractivity contribution < 1.29 is 14.3 Å². The van der Waals surface area contributed by atoms with Crippen LogP contribution in [0.15, 0.2) is 24.3 Å². The molecule has 5 nitrogen and oxygen atoms in total. The van der Waals surface area contributed by atoms with Crippen molar-refractivity contribution in [3.05, 3.63) is 24.3 Å². The van der Waals surface area contributed by atoms with Crippen molar-refractivity contribution in [2.75, 3.05) is 38.8 Å². The minimum Gasteiger partial charge on any atom is -0.495 e. The second-order valence-corrected chi connectivity index (χ2v) is 4.28. The summed E-state index contributed by atoms with van der Waals surface area (Å²) in [7, 11) is 3.49. The van der Waals surface area contributed by atoms with Crippen LogP contribution < -0.4 is 15.0 Å². The zero-order chi connectivity index (χ0) is 13.0. The van der Waals surface area contributed by atoms with E-state index in [9.17, 15) is 4.79 Å². The van der Waals surface area contributed by atoms with Gasteiger partial charge in [-0.05, 0) is 19.2 Å². The zero-order valence-electron chi connectivity index (χ0n) is 10.7. The SMILES string of the molecule is CNCC1COC(=O)N(c2ccccc2OC)C1. The van der Waals surface area contributed by atoms with Crippen molar-refractivity contribution in [3.63, 3.8) is 0 Å². The number of hydrogen-bond acceptors (Lipinski definition) is 4. The fraction of sp³-hybridized carbons (Fsp3) is 0.462. The van der Waals surface area contributed by atoms with Crippen molar-refractivity contribution in [1.82, 2.24) is 5.32 Å². The highest BCUT2D eigenvalue weighted by Crippen LogP contribution is 2.30. The molecule has 0 bridgehead atoms. The number of para-hydroxylation sites is 2. The average Bonchev–Trinajstić information content (AvgIpc) is 2.41. The van der Waals surface area contributed by atoms with Gasteiger partial charge in [-0.1, -0.05) is 12.1 Å². The number of cyclic esters (lactones) is 1. The normalized spacial score (nSPS) is 19.6. The van der Waals surface area contributed by atoms with Gasteiger partial charge in [0.1, 0.15) is 5.75 Å². The first-order chi connectivity index (χ1) is 8.76. The molecule has 18 heavy (non-hydrogen) atoms. The molecule has 1 aromatic carbocycles. The van der Waals surface area contributed by atoms with Crippen molar-refractivity contribution >= 4 is 11.8 Å². The predicted molar refractivity (Wildman–Crippen MR) is 69.1 cm³/mol. The number of carbonyl (C=O) groups excluding carboxylic acids is 1. The molecule has 1 aliphatic heterocycles. The number of benzene rings is 1. The van der Waals surface area contributed by atoms with E-state index in [-0.39, 0.29) is 12.0 Å². The van der Waals surface area contributed by atoms with E-state index in [1.165, 1.54) is 0 Å². The Morgan fingerprint density at radius 1 is 1.50 bits per heavy atom. The van der Waals surface area contributed by atoms with Crippen LogP contribution in [0.3, 0.4) is 0 Å². The van der Waals surface area contributed by atoms with Gasteiger partial charge in [0, 0.05) is 19.0 Å². The van der Waals surface area contributed by atoms with Crippen molar-refractivity contribution in [1.29, 1.82) is 0 Å². The molecule has 1 fully saturated rings. The van der Waals surface area contributed by atoms with Crippen LogP contribution in [0, 0.1) is 5.92 Å². The Morgan fingerprint density at radius 3 is 3.00 bits per heavy atom. The molecule has 1 atom stereocenters. The smallest absolute Gasteiger partial charge is 0.414 e. The fourth-order valence-corrected chi connectivity index (χ4v) is 2.11. The summed E-state index contributed by atoms with van der Waals surface area (Å²) in [5, 5.41) is 3.10. The number of nitrogens with one attached hydrogen (secondary N) is 1. The Morgan fingerprint density at radius 2 is 2.28 bits per heavy atom. The van der Waals surface area contributed by atoms with Crippen LogP contribution in [0.4, 0.5) is 10.5 Å². The number of methoxy groups -OCH3 is 1. The predicted octanol–water partition coefficient (Wildman–Crippen LogP) is 1.49. The first-order valence-corrected chi connectivity index (χ1v) is 5.98. The molecule has 1 amide bonds. The Kier molecular flexibility index (Phi) is 4.04. The monoisotopic (exact) mass is 250 g/mol. The molecule has 2 rings (SSSR count). The van der Waals surface area contributed by atoms with E-state index in [1.54, 1.807) is 12.0 Å². The number of ether oxygens (including phenoxy) is 2. The number of anilines is 1. The molecule has 0 aromatic heterocycles. The molecular weight excluding hydrogens is 232 g/mol. The molecule has 0 aliphatic carbocycles. The summed E-state index contributed by atoms with van der Waals surface area (Å²) >= 11 is 0. The summed E-state index contributed by atoms with van der Waals surface area (Å²) in [6.45, 7) is 1.92. The van der Waals surface area contributed by atoms with Crippen LogP contribution in [0.25, 0.3) is 0 Å². The number of nitrogens with zero attached hydrogens (tertiary/aromatic N) is 1. The molecule has 98 valence electrons. The van der Waals surface area contributed by atoms with Crippen LogP contribution in [0.2, 0.25) is 0 Å². The topological polar surface area (TPSA) is 50.8 Å². The highest BCUT2D eigenvalue weighted by atomic mass is 16.6. The van der Waals surface area contributed by atoms with Gasteiger partial charge in [-0.2, -0.15) is 0 Å². The summed E-state index contributed by atoms with van der Waals surface area (Å²) in [5.74, 6) is 0.970. The molecule has 0 radical (unpaired) electrons. The minimum atomic E-state index is -0.313. The summed E-state index contributed by atoms with van der Waals surface area (Å²) in [4.78, 5) is 13.5. The summed E-state index contributed by atoms with van der Waals surface area (Å²) in [6.07, 6.45) is -0.313. The van der Waals surface area contributed by atoms with Crippen molar-refractivity contribution in [2.45, 2.75) is 0 Å². The Balaban J connectivity index is 2.21. The van der Waals surface area contributed by atoms with Crippen LogP contribution >= 0.6 is 0 Å².